The Hall–Kier alpha value is -2.67. The van der Waals surface area contributed by atoms with Crippen molar-refractivity contribution < 1.29 is 23.8 Å². The monoisotopic (exact) mass is 402 g/mol. The third kappa shape index (κ3) is 5.23. The summed E-state index contributed by atoms with van der Waals surface area (Å²) in [5.41, 5.74) is 0.970. The van der Waals surface area contributed by atoms with Crippen LogP contribution in [0.3, 0.4) is 0 Å². The molecule has 1 amide bonds. The summed E-state index contributed by atoms with van der Waals surface area (Å²) in [7, 11) is 1.62. The Morgan fingerprint density at radius 3 is 2.62 bits per heavy atom. The van der Waals surface area contributed by atoms with E-state index in [9.17, 15) is 9.90 Å². The molecule has 29 heavy (non-hydrogen) atoms. The predicted octanol–water partition coefficient (Wildman–Crippen LogP) is 4.10. The minimum Gasteiger partial charge on any atom is -0.504 e. The van der Waals surface area contributed by atoms with Crippen molar-refractivity contribution in [3.63, 3.8) is 0 Å². The SMILES string of the molecule is COc1ccc2c(O)coc2c1C=CCCN1CCN(C(=O)OC(C)(C)C)CC1. The molecule has 1 aromatic heterocycles. The number of furan rings is 1. The third-order valence-corrected chi connectivity index (χ3v) is 4.86. The Morgan fingerprint density at radius 1 is 1.24 bits per heavy atom. The first-order valence-corrected chi connectivity index (χ1v) is 9.92. The highest BCUT2D eigenvalue weighted by Crippen LogP contribution is 2.35. The Morgan fingerprint density at radius 2 is 1.97 bits per heavy atom. The van der Waals surface area contributed by atoms with Gasteiger partial charge in [-0.05, 0) is 39.3 Å². The highest BCUT2D eigenvalue weighted by atomic mass is 16.6. The van der Waals surface area contributed by atoms with Crippen LogP contribution in [-0.4, -0.2) is 66.4 Å². The summed E-state index contributed by atoms with van der Waals surface area (Å²) in [6.45, 7) is 9.57. The zero-order chi connectivity index (χ0) is 21.0. The number of methoxy groups -OCH3 is 1. The highest BCUT2D eigenvalue weighted by molar-refractivity contribution is 5.92. The number of fused-ring (bicyclic) bond motifs is 1. The molecule has 7 heteroatoms. The van der Waals surface area contributed by atoms with Gasteiger partial charge in [0.05, 0.1) is 18.1 Å². The van der Waals surface area contributed by atoms with E-state index < -0.39 is 5.60 Å². The van der Waals surface area contributed by atoms with Gasteiger partial charge in [0.2, 0.25) is 0 Å². The van der Waals surface area contributed by atoms with Crippen molar-refractivity contribution >= 4 is 23.1 Å². The molecular formula is C22H30N2O5. The van der Waals surface area contributed by atoms with Crippen LogP contribution in [-0.2, 0) is 4.74 Å². The number of hydrogen-bond acceptors (Lipinski definition) is 6. The molecule has 1 N–H and O–H groups in total. The lowest BCUT2D eigenvalue weighted by Gasteiger charge is -2.35. The van der Waals surface area contributed by atoms with E-state index in [0.717, 1.165) is 31.6 Å². The summed E-state index contributed by atoms with van der Waals surface area (Å²) in [6, 6.07) is 3.61. The van der Waals surface area contributed by atoms with Gasteiger partial charge in [0.1, 0.15) is 23.2 Å². The first kappa shape index (κ1) is 21.0. The number of ether oxygens (including phenoxy) is 2. The fourth-order valence-corrected chi connectivity index (χ4v) is 3.36. The number of aromatic hydroxyl groups is 1. The number of nitrogens with zero attached hydrogens (tertiary/aromatic N) is 2. The molecule has 1 aliphatic heterocycles. The molecule has 0 radical (unpaired) electrons. The van der Waals surface area contributed by atoms with Gasteiger partial charge in [-0.2, -0.15) is 0 Å². The number of carbonyl (C=O) groups excluding carboxylic acids is 1. The minimum absolute atomic E-state index is 0.125. The van der Waals surface area contributed by atoms with Gasteiger partial charge in [0.25, 0.3) is 0 Å². The second kappa shape index (κ2) is 8.78. The Labute approximate surface area is 171 Å². The lowest BCUT2D eigenvalue weighted by Crippen LogP contribution is -2.50. The molecule has 0 aliphatic carbocycles. The van der Waals surface area contributed by atoms with Gasteiger partial charge in [0, 0.05) is 32.7 Å². The van der Waals surface area contributed by atoms with Gasteiger partial charge >= 0.3 is 6.09 Å². The molecule has 2 heterocycles. The quantitative estimate of drug-likeness (QED) is 0.811. The smallest absolute Gasteiger partial charge is 0.410 e. The largest absolute Gasteiger partial charge is 0.504 e. The number of hydrogen-bond donors (Lipinski definition) is 1. The zero-order valence-electron chi connectivity index (χ0n) is 17.6. The minimum atomic E-state index is -0.465. The summed E-state index contributed by atoms with van der Waals surface area (Å²) in [5, 5.41) is 10.5. The average molecular weight is 402 g/mol. The van der Waals surface area contributed by atoms with Crippen LogP contribution in [0.25, 0.3) is 17.0 Å². The fraction of sp³-hybridized carbons (Fsp3) is 0.500. The van der Waals surface area contributed by atoms with Crippen molar-refractivity contribution in [3.05, 3.63) is 30.0 Å². The van der Waals surface area contributed by atoms with Crippen LogP contribution in [0.2, 0.25) is 0 Å². The molecule has 7 nitrogen and oxygen atoms in total. The first-order valence-electron chi connectivity index (χ1n) is 9.92. The molecule has 1 aliphatic rings. The van der Waals surface area contributed by atoms with E-state index in [0.29, 0.717) is 29.8 Å². The lowest BCUT2D eigenvalue weighted by molar-refractivity contribution is 0.0146. The summed E-state index contributed by atoms with van der Waals surface area (Å²) in [6.07, 6.45) is 6.02. The van der Waals surface area contributed by atoms with Crippen LogP contribution in [0.4, 0.5) is 4.79 Å². The molecule has 1 saturated heterocycles. The van der Waals surface area contributed by atoms with Gasteiger partial charge in [-0.1, -0.05) is 12.2 Å². The van der Waals surface area contributed by atoms with E-state index in [1.54, 1.807) is 18.1 Å². The lowest BCUT2D eigenvalue weighted by atomic mass is 10.1. The molecule has 0 unspecified atom stereocenters. The standard InChI is InChI=1S/C22H30N2O5/c1-22(2,3)29-21(26)24-13-11-23(12-14-24)10-6-5-7-17-19(27-4)9-8-16-18(25)15-28-20(16)17/h5,7-9,15,25H,6,10-14H2,1-4H3. The average Bonchev–Trinajstić information content (AvgIpc) is 3.05. The van der Waals surface area contributed by atoms with Gasteiger partial charge < -0.3 is 23.9 Å². The maximum atomic E-state index is 12.1. The molecule has 0 saturated carbocycles. The second-order valence-electron chi connectivity index (χ2n) is 8.18. The van der Waals surface area contributed by atoms with E-state index in [2.05, 4.69) is 11.0 Å². The molecule has 3 rings (SSSR count). The molecule has 0 atom stereocenters. The molecular weight excluding hydrogens is 372 g/mol. The normalized spacial score (nSPS) is 15.9. The van der Waals surface area contributed by atoms with E-state index in [1.807, 2.05) is 32.9 Å². The van der Waals surface area contributed by atoms with Crippen LogP contribution in [0.5, 0.6) is 11.5 Å². The molecule has 0 spiro atoms. The Balaban J connectivity index is 1.52. The number of amides is 1. The number of benzene rings is 1. The van der Waals surface area contributed by atoms with Crippen molar-refractivity contribution in [2.45, 2.75) is 32.8 Å². The van der Waals surface area contributed by atoms with Crippen LogP contribution in [0, 0.1) is 0 Å². The van der Waals surface area contributed by atoms with E-state index in [-0.39, 0.29) is 11.8 Å². The number of rotatable bonds is 5. The van der Waals surface area contributed by atoms with Crippen LogP contribution >= 0.6 is 0 Å². The van der Waals surface area contributed by atoms with Crippen molar-refractivity contribution in [2.75, 3.05) is 39.8 Å². The van der Waals surface area contributed by atoms with Crippen molar-refractivity contribution in [2.24, 2.45) is 0 Å². The summed E-state index contributed by atoms with van der Waals surface area (Å²) in [4.78, 5) is 16.2. The highest BCUT2D eigenvalue weighted by Gasteiger charge is 2.25. The van der Waals surface area contributed by atoms with E-state index >= 15 is 0 Å². The number of piperazine rings is 1. The van der Waals surface area contributed by atoms with Crippen LogP contribution in [0.15, 0.2) is 28.9 Å². The van der Waals surface area contributed by atoms with E-state index in [4.69, 9.17) is 13.9 Å². The maximum absolute atomic E-state index is 12.1. The molecule has 1 fully saturated rings. The van der Waals surface area contributed by atoms with Gasteiger partial charge in [-0.25, -0.2) is 4.79 Å². The molecule has 1 aromatic carbocycles. The fourth-order valence-electron chi connectivity index (χ4n) is 3.36. The molecule has 2 aromatic rings. The molecule has 0 bridgehead atoms. The summed E-state index contributed by atoms with van der Waals surface area (Å²) in [5.74, 6) is 0.828. The summed E-state index contributed by atoms with van der Waals surface area (Å²) >= 11 is 0. The van der Waals surface area contributed by atoms with Crippen LogP contribution < -0.4 is 4.74 Å². The van der Waals surface area contributed by atoms with Gasteiger partial charge in [-0.3, -0.25) is 4.90 Å². The van der Waals surface area contributed by atoms with Gasteiger partial charge in [0.15, 0.2) is 5.75 Å². The van der Waals surface area contributed by atoms with Crippen molar-refractivity contribution in [1.29, 1.82) is 0 Å². The third-order valence-electron chi connectivity index (χ3n) is 4.86. The number of carbonyl (C=O) groups is 1. The van der Waals surface area contributed by atoms with Crippen molar-refractivity contribution in [3.8, 4) is 11.5 Å². The second-order valence-corrected chi connectivity index (χ2v) is 8.18. The van der Waals surface area contributed by atoms with Crippen LogP contribution in [0.1, 0.15) is 32.8 Å². The van der Waals surface area contributed by atoms with E-state index in [1.165, 1.54) is 6.26 Å². The topological polar surface area (TPSA) is 75.4 Å². The zero-order valence-corrected chi connectivity index (χ0v) is 17.6. The Bertz CT molecular complexity index is 873. The maximum Gasteiger partial charge on any atom is 0.410 e. The first-order chi connectivity index (χ1) is 13.8. The predicted molar refractivity (Wildman–Crippen MR) is 112 cm³/mol. The molecule has 158 valence electrons. The Kier molecular flexibility index (Phi) is 6.37. The summed E-state index contributed by atoms with van der Waals surface area (Å²) < 4.78 is 16.4. The van der Waals surface area contributed by atoms with Crippen molar-refractivity contribution in [1.82, 2.24) is 9.80 Å². The van der Waals surface area contributed by atoms with Gasteiger partial charge in [-0.15, -0.1) is 0 Å².